The SMILES string of the molecule is CCNC1CC(C)(C)c2cc3c(cc21)CCC3. The number of hydrogen-bond acceptors (Lipinski definition) is 1. The summed E-state index contributed by atoms with van der Waals surface area (Å²) in [6.07, 6.45) is 5.19. The third kappa shape index (κ3) is 1.72. The van der Waals surface area contributed by atoms with Crippen LogP contribution in [0.3, 0.4) is 0 Å². The van der Waals surface area contributed by atoms with Crippen molar-refractivity contribution in [2.24, 2.45) is 0 Å². The molecule has 17 heavy (non-hydrogen) atoms. The normalized spacial score (nSPS) is 24.8. The molecule has 0 spiro atoms. The molecule has 0 bridgehead atoms. The molecule has 1 aromatic carbocycles. The average molecular weight is 229 g/mol. The van der Waals surface area contributed by atoms with Gasteiger partial charge >= 0.3 is 0 Å². The van der Waals surface area contributed by atoms with E-state index in [9.17, 15) is 0 Å². The fourth-order valence-electron chi connectivity index (χ4n) is 3.68. The molecular formula is C16H23N. The Morgan fingerprint density at radius 3 is 2.65 bits per heavy atom. The molecule has 0 aromatic heterocycles. The summed E-state index contributed by atoms with van der Waals surface area (Å²) in [6, 6.07) is 5.59. The van der Waals surface area contributed by atoms with Gasteiger partial charge in [-0.05, 0) is 59.9 Å². The summed E-state index contributed by atoms with van der Waals surface area (Å²) < 4.78 is 0. The first-order valence-electron chi connectivity index (χ1n) is 7.01. The van der Waals surface area contributed by atoms with Crippen LogP contribution in [-0.4, -0.2) is 6.54 Å². The van der Waals surface area contributed by atoms with Gasteiger partial charge in [0, 0.05) is 6.04 Å². The Bertz CT molecular complexity index is 445. The van der Waals surface area contributed by atoms with Gasteiger partial charge in [-0.2, -0.15) is 0 Å². The maximum atomic E-state index is 3.65. The van der Waals surface area contributed by atoms with Gasteiger partial charge in [0.05, 0.1) is 0 Å². The Labute approximate surface area is 105 Å². The molecule has 1 heteroatoms. The van der Waals surface area contributed by atoms with Crippen LogP contribution in [0, 0.1) is 0 Å². The van der Waals surface area contributed by atoms with E-state index in [1.807, 2.05) is 0 Å². The smallest absolute Gasteiger partial charge is 0.0331 e. The Hall–Kier alpha value is -0.820. The summed E-state index contributed by atoms with van der Waals surface area (Å²) in [7, 11) is 0. The maximum absolute atomic E-state index is 3.65. The Balaban J connectivity index is 2.08. The number of fused-ring (bicyclic) bond motifs is 2. The molecule has 1 atom stereocenters. The zero-order valence-electron chi connectivity index (χ0n) is 11.3. The van der Waals surface area contributed by atoms with E-state index in [1.165, 1.54) is 25.7 Å². The van der Waals surface area contributed by atoms with Crippen LogP contribution >= 0.6 is 0 Å². The highest BCUT2D eigenvalue weighted by Crippen LogP contribution is 2.46. The molecule has 1 N–H and O–H groups in total. The van der Waals surface area contributed by atoms with E-state index >= 15 is 0 Å². The standard InChI is InChI=1S/C16H23N/c1-4-17-15-10-16(2,3)14-9-12-7-5-6-11(12)8-13(14)15/h8-9,15,17H,4-7,10H2,1-3H3. The Morgan fingerprint density at radius 1 is 1.24 bits per heavy atom. The fraction of sp³-hybridized carbons (Fsp3) is 0.625. The van der Waals surface area contributed by atoms with Crippen molar-refractivity contribution in [2.75, 3.05) is 6.54 Å². The first kappa shape index (κ1) is 11.3. The molecule has 0 saturated heterocycles. The molecule has 0 saturated carbocycles. The van der Waals surface area contributed by atoms with Crippen LogP contribution in [0.25, 0.3) is 0 Å². The molecule has 1 aromatic rings. The summed E-state index contributed by atoms with van der Waals surface area (Å²) in [5.41, 5.74) is 6.76. The zero-order chi connectivity index (χ0) is 12.0. The number of rotatable bonds is 2. The van der Waals surface area contributed by atoms with Crippen molar-refractivity contribution in [2.45, 2.75) is 57.9 Å². The van der Waals surface area contributed by atoms with Gasteiger partial charge < -0.3 is 5.32 Å². The van der Waals surface area contributed by atoms with Gasteiger partial charge in [-0.1, -0.05) is 32.9 Å². The zero-order valence-corrected chi connectivity index (χ0v) is 11.3. The molecule has 0 heterocycles. The van der Waals surface area contributed by atoms with E-state index in [1.54, 1.807) is 22.3 Å². The van der Waals surface area contributed by atoms with E-state index in [2.05, 4.69) is 38.2 Å². The topological polar surface area (TPSA) is 12.0 Å². The van der Waals surface area contributed by atoms with Crippen LogP contribution in [-0.2, 0) is 18.3 Å². The number of hydrogen-bond donors (Lipinski definition) is 1. The third-order valence-electron chi connectivity index (χ3n) is 4.53. The molecule has 2 aliphatic rings. The quantitative estimate of drug-likeness (QED) is 0.818. The number of aryl methyl sites for hydroxylation is 2. The highest BCUT2D eigenvalue weighted by molar-refractivity contribution is 5.48. The Morgan fingerprint density at radius 2 is 1.94 bits per heavy atom. The molecule has 0 amide bonds. The lowest BCUT2D eigenvalue weighted by Crippen LogP contribution is -2.20. The molecule has 3 rings (SSSR count). The summed E-state index contributed by atoms with van der Waals surface area (Å²) in [6.45, 7) is 8.06. The van der Waals surface area contributed by atoms with Crippen LogP contribution in [0.1, 0.15) is 61.9 Å². The van der Waals surface area contributed by atoms with Gasteiger partial charge in [-0.15, -0.1) is 0 Å². The minimum Gasteiger partial charge on any atom is -0.310 e. The summed E-state index contributed by atoms with van der Waals surface area (Å²) in [5.74, 6) is 0. The van der Waals surface area contributed by atoms with Crippen LogP contribution < -0.4 is 5.32 Å². The number of benzene rings is 1. The summed E-state index contributed by atoms with van der Waals surface area (Å²) >= 11 is 0. The van der Waals surface area contributed by atoms with E-state index in [0.29, 0.717) is 11.5 Å². The molecule has 2 aliphatic carbocycles. The van der Waals surface area contributed by atoms with Crippen molar-refractivity contribution in [3.8, 4) is 0 Å². The van der Waals surface area contributed by atoms with Crippen molar-refractivity contribution in [3.63, 3.8) is 0 Å². The second-order valence-electron chi connectivity index (χ2n) is 6.26. The third-order valence-corrected chi connectivity index (χ3v) is 4.53. The van der Waals surface area contributed by atoms with Crippen molar-refractivity contribution < 1.29 is 0 Å². The number of nitrogens with one attached hydrogen (secondary N) is 1. The minimum absolute atomic E-state index is 0.347. The van der Waals surface area contributed by atoms with Crippen molar-refractivity contribution in [1.29, 1.82) is 0 Å². The van der Waals surface area contributed by atoms with Crippen molar-refractivity contribution >= 4 is 0 Å². The molecule has 0 radical (unpaired) electrons. The lowest BCUT2D eigenvalue weighted by molar-refractivity contribution is 0.433. The summed E-state index contributed by atoms with van der Waals surface area (Å²) in [4.78, 5) is 0. The van der Waals surface area contributed by atoms with Crippen LogP contribution in [0.2, 0.25) is 0 Å². The van der Waals surface area contributed by atoms with Crippen LogP contribution in [0.4, 0.5) is 0 Å². The molecule has 1 nitrogen and oxygen atoms in total. The van der Waals surface area contributed by atoms with Crippen LogP contribution in [0.5, 0.6) is 0 Å². The van der Waals surface area contributed by atoms with Gasteiger partial charge in [-0.25, -0.2) is 0 Å². The van der Waals surface area contributed by atoms with Gasteiger partial charge in [0.25, 0.3) is 0 Å². The highest BCUT2D eigenvalue weighted by atomic mass is 14.9. The lowest BCUT2D eigenvalue weighted by Gasteiger charge is -2.20. The predicted molar refractivity (Wildman–Crippen MR) is 72.5 cm³/mol. The van der Waals surface area contributed by atoms with Gasteiger partial charge in [0.2, 0.25) is 0 Å². The van der Waals surface area contributed by atoms with E-state index in [4.69, 9.17) is 0 Å². The average Bonchev–Trinajstić information content (AvgIpc) is 2.81. The predicted octanol–water partition coefficient (Wildman–Crippen LogP) is 3.51. The molecule has 92 valence electrons. The second kappa shape index (κ2) is 3.84. The summed E-state index contributed by atoms with van der Waals surface area (Å²) in [5, 5.41) is 3.65. The first-order chi connectivity index (χ1) is 8.12. The monoisotopic (exact) mass is 229 g/mol. The van der Waals surface area contributed by atoms with E-state index < -0.39 is 0 Å². The van der Waals surface area contributed by atoms with Crippen molar-refractivity contribution in [3.05, 3.63) is 34.4 Å². The molecule has 1 unspecified atom stereocenters. The van der Waals surface area contributed by atoms with E-state index in [0.717, 1.165) is 6.54 Å². The molecular weight excluding hydrogens is 206 g/mol. The largest absolute Gasteiger partial charge is 0.310 e. The molecule has 0 fully saturated rings. The van der Waals surface area contributed by atoms with Gasteiger partial charge in [0.1, 0.15) is 0 Å². The highest BCUT2D eigenvalue weighted by Gasteiger charge is 2.37. The molecule has 0 aliphatic heterocycles. The van der Waals surface area contributed by atoms with Gasteiger partial charge in [-0.3, -0.25) is 0 Å². The lowest BCUT2D eigenvalue weighted by atomic mass is 9.85. The van der Waals surface area contributed by atoms with Gasteiger partial charge in [0.15, 0.2) is 0 Å². The van der Waals surface area contributed by atoms with Crippen LogP contribution in [0.15, 0.2) is 12.1 Å². The fourth-order valence-corrected chi connectivity index (χ4v) is 3.68. The maximum Gasteiger partial charge on any atom is 0.0331 e. The first-order valence-corrected chi connectivity index (χ1v) is 7.01. The Kier molecular flexibility index (Phi) is 2.55. The van der Waals surface area contributed by atoms with E-state index in [-0.39, 0.29) is 0 Å². The van der Waals surface area contributed by atoms with Crippen molar-refractivity contribution in [1.82, 2.24) is 5.32 Å². The second-order valence-corrected chi connectivity index (χ2v) is 6.26. The minimum atomic E-state index is 0.347.